The third-order valence-electron chi connectivity index (χ3n) is 2.99. The van der Waals surface area contributed by atoms with E-state index in [0.717, 1.165) is 0 Å². The minimum absolute atomic E-state index is 0.125. The largest absolute Gasteiger partial charge is 0.484 e. The van der Waals surface area contributed by atoms with E-state index in [2.05, 4.69) is 15.7 Å². The van der Waals surface area contributed by atoms with Gasteiger partial charge in [-0.2, -0.15) is 5.10 Å². The van der Waals surface area contributed by atoms with Crippen molar-refractivity contribution in [2.24, 2.45) is 0 Å². The van der Waals surface area contributed by atoms with Crippen molar-refractivity contribution in [3.05, 3.63) is 42.6 Å². The van der Waals surface area contributed by atoms with E-state index < -0.39 is 0 Å². The maximum atomic E-state index is 11.9. The fourth-order valence-electron chi connectivity index (χ4n) is 1.91. The molecule has 0 unspecified atom stereocenters. The quantitative estimate of drug-likeness (QED) is 0.812. The van der Waals surface area contributed by atoms with Gasteiger partial charge in [-0.25, -0.2) is 4.68 Å². The van der Waals surface area contributed by atoms with Crippen molar-refractivity contribution in [1.29, 1.82) is 0 Å². The minimum Gasteiger partial charge on any atom is -0.484 e. The van der Waals surface area contributed by atoms with E-state index >= 15 is 0 Å². The number of hydrogen-bond acceptors (Lipinski definition) is 4. The summed E-state index contributed by atoms with van der Waals surface area (Å²) in [6, 6.07) is 10.9. The number of anilines is 1. The van der Waals surface area contributed by atoms with Crippen LogP contribution in [0.2, 0.25) is 0 Å². The van der Waals surface area contributed by atoms with Gasteiger partial charge in [0.25, 0.3) is 5.91 Å². The smallest absolute Gasteiger partial charge is 0.258 e. The highest BCUT2D eigenvalue weighted by atomic mass is 16.5. The van der Waals surface area contributed by atoms with Crippen LogP contribution in [0.1, 0.15) is 19.9 Å². The fourth-order valence-corrected chi connectivity index (χ4v) is 1.91. The molecular weight excluding hydrogens is 296 g/mol. The molecule has 0 bridgehead atoms. The molecule has 0 saturated carbocycles. The standard InChI is InChI=1S/C16H20N4O3/c1-12(2)20-14(8-9-18-20)19-15(21)10-17-16(22)11-23-13-6-4-3-5-7-13/h3-9,12H,10-11H2,1-2H3,(H,17,22)(H,19,21). The first-order valence-electron chi connectivity index (χ1n) is 7.34. The number of ether oxygens (including phenoxy) is 1. The number of rotatable bonds is 7. The van der Waals surface area contributed by atoms with Crippen LogP contribution < -0.4 is 15.4 Å². The van der Waals surface area contributed by atoms with Gasteiger partial charge < -0.3 is 15.4 Å². The van der Waals surface area contributed by atoms with Gasteiger partial charge in [-0.3, -0.25) is 9.59 Å². The summed E-state index contributed by atoms with van der Waals surface area (Å²) in [5.41, 5.74) is 0. The first-order chi connectivity index (χ1) is 11.1. The summed E-state index contributed by atoms with van der Waals surface area (Å²) in [6.45, 7) is 3.66. The van der Waals surface area contributed by atoms with E-state index in [0.29, 0.717) is 11.6 Å². The van der Waals surface area contributed by atoms with Gasteiger partial charge in [0.1, 0.15) is 11.6 Å². The van der Waals surface area contributed by atoms with Crippen molar-refractivity contribution >= 4 is 17.6 Å². The van der Waals surface area contributed by atoms with Gasteiger partial charge in [-0.05, 0) is 26.0 Å². The molecule has 1 aromatic carbocycles. The molecule has 122 valence electrons. The van der Waals surface area contributed by atoms with Gasteiger partial charge in [0.2, 0.25) is 5.91 Å². The van der Waals surface area contributed by atoms with Gasteiger partial charge in [-0.1, -0.05) is 18.2 Å². The molecule has 2 amide bonds. The Bertz CT molecular complexity index is 652. The zero-order valence-electron chi connectivity index (χ0n) is 13.2. The van der Waals surface area contributed by atoms with Crippen LogP contribution in [0.4, 0.5) is 5.82 Å². The minimum atomic E-state index is -0.360. The average molecular weight is 316 g/mol. The molecule has 0 atom stereocenters. The van der Waals surface area contributed by atoms with E-state index in [1.165, 1.54) is 0 Å². The SMILES string of the molecule is CC(C)n1nccc1NC(=O)CNC(=O)COc1ccccc1. The number of nitrogens with one attached hydrogen (secondary N) is 2. The maximum Gasteiger partial charge on any atom is 0.258 e. The van der Waals surface area contributed by atoms with Gasteiger partial charge >= 0.3 is 0 Å². The molecule has 23 heavy (non-hydrogen) atoms. The van der Waals surface area contributed by atoms with E-state index in [-0.39, 0.29) is 31.0 Å². The number of amides is 2. The summed E-state index contributed by atoms with van der Waals surface area (Å²) < 4.78 is 6.99. The lowest BCUT2D eigenvalue weighted by Crippen LogP contribution is -2.36. The Morgan fingerprint density at radius 3 is 2.61 bits per heavy atom. The number of hydrogen-bond donors (Lipinski definition) is 2. The molecule has 0 aliphatic heterocycles. The Labute approximate surface area is 134 Å². The lowest BCUT2D eigenvalue weighted by atomic mass is 10.3. The summed E-state index contributed by atoms with van der Waals surface area (Å²) in [6.07, 6.45) is 1.61. The van der Waals surface area contributed by atoms with Crippen molar-refractivity contribution in [3.8, 4) is 5.75 Å². The van der Waals surface area contributed by atoms with Crippen LogP contribution in [0.15, 0.2) is 42.6 Å². The fraction of sp³-hybridized carbons (Fsp3) is 0.312. The van der Waals surface area contributed by atoms with Gasteiger partial charge in [0.05, 0.1) is 12.7 Å². The second-order valence-electron chi connectivity index (χ2n) is 5.18. The van der Waals surface area contributed by atoms with E-state index in [9.17, 15) is 9.59 Å². The third kappa shape index (κ3) is 5.14. The van der Waals surface area contributed by atoms with Gasteiger partial charge in [-0.15, -0.1) is 0 Å². The molecule has 0 aliphatic carbocycles. The summed E-state index contributed by atoms with van der Waals surface area (Å²) in [5, 5.41) is 9.34. The Kier molecular flexibility index (Phi) is 5.74. The second kappa shape index (κ2) is 7.98. The summed E-state index contributed by atoms with van der Waals surface area (Å²) >= 11 is 0. The van der Waals surface area contributed by atoms with Crippen molar-refractivity contribution in [1.82, 2.24) is 15.1 Å². The van der Waals surface area contributed by atoms with Crippen molar-refractivity contribution in [2.45, 2.75) is 19.9 Å². The molecule has 2 aromatic rings. The second-order valence-corrected chi connectivity index (χ2v) is 5.18. The number of carbonyl (C=O) groups excluding carboxylic acids is 2. The number of carbonyl (C=O) groups is 2. The van der Waals surface area contributed by atoms with Crippen molar-refractivity contribution in [2.75, 3.05) is 18.5 Å². The highest BCUT2D eigenvalue weighted by Crippen LogP contribution is 2.12. The molecule has 1 heterocycles. The Morgan fingerprint density at radius 2 is 1.91 bits per heavy atom. The van der Waals surface area contributed by atoms with Crippen LogP contribution in [0.25, 0.3) is 0 Å². The molecule has 0 aliphatic rings. The lowest BCUT2D eigenvalue weighted by molar-refractivity contribution is -0.125. The van der Waals surface area contributed by atoms with Crippen LogP contribution in [-0.4, -0.2) is 34.7 Å². The lowest BCUT2D eigenvalue weighted by Gasteiger charge is -2.12. The molecule has 7 nitrogen and oxygen atoms in total. The van der Waals surface area contributed by atoms with Gasteiger partial charge in [0, 0.05) is 12.1 Å². The molecule has 0 saturated heterocycles. The van der Waals surface area contributed by atoms with Crippen LogP contribution in [-0.2, 0) is 9.59 Å². The Morgan fingerprint density at radius 1 is 1.17 bits per heavy atom. The van der Waals surface area contributed by atoms with E-state index in [1.807, 2.05) is 32.0 Å². The molecular formula is C16H20N4O3. The zero-order valence-corrected chi connectivity index (χ0v) is 13.2. The Balaban J connectivity index is 1.73. The molecule has 0 radical (unpaired) electrons. The summed E-state index contributed by atoms with van der Waals surface area (Å²) in [5.74, 6) is 0.523. The molecule has 0 spiro atoms. The highest BCUT2D eigenvalue weighted by molar-refractivity contribution is 5.94. The summed E-state index contributed by atoms with van der Waals surface area (Å²) in [7, 11) is 0. The van der Waals surface area contributed by atoms with E-state index in [1.54, 1.807) is 29.1 Å². The van der Waals surface area contributed by atoms with Gasteiger partial charge in [0.15, 0.2) is 6.61 Å². The van der Waals surface area contributed by atoms with Crippen molar-refractivity contribution < 1.29 is 14.3 Å². The zero-order chi connectivity index (χ0) is 16.7. The number of nitrogens with zero attached hydrogens (tertiary/aromatic N) is 2. The topological polar surface area (TPSA) is 85.3 Å². The predicted molar refractivity (Wildman–Crippen MR) is 86.2 cm³/mol. The van der Waals surface area contributed by atoms with Crippen LogP contribution in [0.5, 0.6) is 5.75 Å². The first kappa shape index (κ1) is 16.5. The van der Waals surface area contributed by atoms with Crippen molar-refractivity contribution in [3.63, 3.8) is 0 Å². The third-order valence-corrected chi connectivity index (χ3v) is 2.99. The maximum absolute atomic E-state index is 11.9. The van der Waals surface area contributed by atoms with Crippen LogP contribution >= 0.6 is 0 Å². The molecule has 7 heteroatoms. The number of benzene rings is 1. The molecule has 0 fully saturated rings. The highest BCUT2D eigenvalue weighted by Gasteiger charge is 2.10. The van der Waals surface area contributed by atoms with E-state index in [4.69, 9.17) is 4.74 Å². The average Bonchev–Trinajstić information content (AvgIpc) is 3.00. The predicted octanol–water partition coefficient (Wildman–Crippen LogP) is 1.60. The first-order valence-corrected chi connectivity index (χ1v) is 7.34. The number of aromatic nitrogens is 2. The van der Waals surface area contributed by atoms with Crippen LogP contribution in [0, 0.1) is 0 Å². The normalized spacial score (nSPS) is 10.4. The molecule has 2 rings (SSSR count). The molecule has 1 aromatic heterocycles. The molecule has 2 N–H and O–H groups in total. The van der Waals surface area contributed by atoms with Crippen LogP contribution in [0.3, 0.4) is 0 Å². The summed E-state index contributed by atoms with van der Waals surface area (Å²) in [4.78, 5) is 23.5. The number of para-hydroxylation sites is 1. The monoisotopic (exact) mass is 316 g/mol. The Hall–Kier alpha value is -2.83.